The number of aliphatic carboxylic acids is 1. The zero-order valence-corrected chi connectivity index (χ0v) is 12.8. The molecule has 0 spiro atoms. The Hall–Kier alpha value is -2.04. The van der Waals surface area contributed by atoms with E-state index in [9.17, 15) is 9.59 Å². The number of benzene rings is 1. The molecule has 0 radical (unpaired) electrons. The SMILES string of the molecule is CCC[C@H](NC(=O)CCOc1ccc(C)cc1C)C(=O)O. The van der Waals surface area contributed by atoms with Crippen LogP contribution in [0.15, 0.2) is 18.2 Å². The zero-order valence-electron chi connectivity index (χ0n) is 12.8. The third-order valence-electron chi connectivity index (χ3n) is 3.13. The van der Waals surface area contributed by atoms with Gasteiger partial charge in [0, 0.05) is 0 Å². The number of hydrogen-bond acceptors (Lipinski definition) is 3. The first-order chi connectivity index (χ1) is 9.93. The fraction of sp³-hybridized carbons (Fsp3) is 0.500. The van der Waals surface area contributed by atoms with Crippen LogP contribution in [0, 0.1) is 13.8 Å². The minimum absolute atomic E-state index is 0.140. The van der Waals surface area contributed by atoms with Crippen LogP contribution < -0.4 is 10.1 Å². The fourth-order valence-electron chi connectivity index (χ4n) is 2.03. The van der Waals surface area contributed by atoms with Gasteiger partial charge in [-0.2, -0.15) is 0 Å². The molecule has 0 bridgehead atoms. The Morgan fingerprint density at radius 3 is 2.62 bits per heavy atom. The van der Waals surface area contributed by atoms with Gasteiger partial charge in [0.15, 0.2) is 0 Å². The average Bonchev–Trinajstić information content (AvgIpc) is 2.40. The van der Waals surface area contributed by atoms with E-state index in [1.54, 1.807) is 0 Å². The van der Waals surface area contributed by atoms with Crippen LogP contribution in [0.5, 0.6) is 5.75 Å². The number of carbonyl (C=O) groups is 2. The monoisotopic (exact) mass is 293 g/mol. The van der Waals surface area contributed by atoms with E-state index in [0.29, 0.717) is 12.8 Å². The third-order valence-corrected chi connectivity index (χ3v) is 3.13. The Morgan fingerprint density at radius 2 is 2.05 bits per heavy atom. The maximum atomic E-state index is 11.7. The zero-order chi connectivity index (χ0) is 15.8. The highest BCUT2D eigenvalue weighted by molar-refractivity contribution is 5.83. The topological polar surface area (TPSA) is 75.6 Å². The van der Waals surface area contributed by atoms with E-state index in [0.717, 1.165) is 16.9 Å². The smallest absolute Gasteiger partial charge is 0.326 e. The molecule has 0 aliphatic carbocycles. The standard InChI is InChI=1S/C16H23NO4/c1-4-5-13(16(19)20)17-15(18)8-9-21-14-7-6-11(2)10-12(14)3/h6-7,10,13H,4-5,8-9H2,1-3H3,(H,17,18)(H,19,20)/t13-/m0/s1. The summed E-state index contributed by atoms with van der Waals surface area (Å²) in [6.45, 7) is 6.06. The number of ether oxygens (including phenoxy) is 1. The van der Waals surface area contributed by atoms with Crippen molar-refractivity contribution in [2.24, 2.45) is 0 Å². The Bertz CT molecular complexity index is 499. The molecule has 1 amide bonds. The summed E-state index contributed by atoms with van der Waals surface area (Å²) >= 11 is 0. The molecule has 0 fully saturated rings. The molecule has 0 heterocycles. The molecular weight excluding hydrogens is 270 g/mol. The maximum absolute atomic E-state index is 11.7. The molecule has 5 nitrogen and oxygen atoms in total. The Labute approximate surface area is 125 Å². The van der Waals surface area contributed by atoms with Crippen LogP contribution in [-0.2, 0) is 9.59 Å². The van der Waals surface area contributed by atoms with E-state index in [2.05, 4.69) is 5.32 Å². The minimum atomic E-state index is -1.000. The van der Waals surface area contributed by atoms with Crippen LogP contribution in [0.25, 0.3) is 0 Å². The first kappa shape index (κ1) is 17.0. The summed E-state index contributed by atoms with van der Waals surface area (Å²) in [4.78, 5) is 22.7. The second-order valence-electron chi connectivity index (χ2n) is 5.11. The van der Waals surface area contributed by atoms with Gasteiger partial charge in [-0.25, -0.2) is 4.79 Å². The number of carbonyl (C=O) groups excluding carboxylic acids is 1. The Morgan fingerprint density at radius 1 is 1.33 bits per heavy atom. The van der Waals surface area contributed by atoms with E-state index in [1.165, 1.54) is 0 Å². The summed E-state index contributed by atoms with van der Waals surface area (Å²) in [6, 6.07) is 5.02. The second-order valence-corrected chi connectivity index (χ2v) is 5.11. The highest BCUT2D eigenvalue weighted by Gasteiger charge is 2.18. The number of carboxylic acid groups (broad SMARTS) is 1. The number of carboxylic acids is 1. The summed E-state index contributed by atoms with van der Waals surface area (Å²) in [5.74, 6) is -0.558. The molecule has 0 unspecified atom stereocenters. The molecule has 116 valence electrons. The van der Waals surface area contributed by atoms with Crippen molar-refractivity contribution in [2.75, 3.05) is 6.61 Å². The lowest BCUT2D eigenvalue weighted by Gasteiger charge is -2.14. The van der Waals surface area contributed by atoms with Crippen molar-refractivity contribution in [3.8, 4) is 5.75 Å². The second kappa shape index (κ2) is 8.29. The molecule has 0 aromatic heterocycles. The molecule has 1 aromatic rings. The van der Waals surface area contributed by atoms with Gasteiger partial charge in [0.2, 0.25) is 5.91 Å². The van der Waals surface area contributed by atoms with Gasteiger partial charge in [0.1, 0.15) is 11.8 Å². The van der Waals surface area contributed by atoms with Crippen LogP contribution in [0.4, 0.5) is 0 Å². The first-order valence-electron chi connectivity index (χ1n) is 7.16. The van der Waals surface area contributed by atoms with Crippen LogP contribution in [-0.4, -0.2) is 29.6 Å². The highest BCUT2D eigenvalue weighted by Crippen LogP contribution is 2.18. The summed E-state index contributed by atoms with van der Waals surface area (Å²) in [7, 11) is 0. The van der Waals surface area contributed by atoms with Gasteiger partial charge >= 0.3 is 5.97 Å². The first-order valence-corrected chi connectivity index (χ1v) is 7.16. The molecule has 5 heteroatoms. The largest absolute Gasteiger partial charge is 0.493 e. The fourth-order valence-corrected chi connectivity index (χ4v) is 2.03. The molecule has 1 aromatic carbocycles. The van der Waals surface area contributed by atoms with Crippen molar-refractivity contribution in [3.05, 3.63) is 29.3 Å². The van der Waals surface area contributed by atoms with Crippen molar-refractivity contribution in [3.63, 3.8) is 0 Å². The summed E-state index contributed by atoms with van der Waals surface area (Å²) in [6.07, 6.45) is 1.27. The number of hydrogen-bond donors (Lipinski definition) is 2. The molecule has 0 aliphatic heterocycles. The van der Waals surface area contributed by atoms with Crippen molar-refractivity contribution in [1.29, 1.82) is 0 Å². The molecule has 21 heavy (non-hydrogen) atoms. The van der Waals surface area contributed by atoms with Gasteiger partial charge < -0.3 is 15.2 Å². The number of nitrogens with one attached hydrogen (secondary N) is 1. The average molecular weight is 293 g/mol. The van der Waals surface area contributed by atoms with E-state index in [4.69, 9.17) is 9.84 Å². The summed E-state index contributed by atoms with van der Waals surface area (Å²) in [5, 5.41) is 11.5. The molecule has 0 saturated carbocycles. The maximum Gasteiger partial charge on any atom is 0.326 e. The predicted octanol–water partition coefficient (Wildman–Crippen LogP) is 2.44. The van der Waals surface area contributed by atoms with E-state index < -0.39 is 12.0 Å². The van der Waals surface area contributed by atoms with Gasteiger partial charge in [-0.05, 0) is 31.9 Å². The van der Waals surface area contributed by atoms with E-state index in [1.807, 2.05) is 39.0 Å². The normalized spacial score (nSPS) is 11.8. The lowest BCUT2D eigenvalue weighted by Crippen LogP contribution is -2.41. The van der Waals surface area contributed by atoms with Gasteiger partial charge in [0.05, 0.1) is 13.0 Å². The van der Waals surface area contributed by atoms with Crippen LogP contribution in [0.3, 0.4) is 0 Å². The minimum Gasteiger partial charge on any atom is -0.493 e. The summed E-state index contributed by atoms with van der Waals surface area (Å²) < 4.78 is 5.56. The number of aryl methyl sites for hydroxylation is 2. The van der Waals surface area contributed by atoms with Gasteiger partial charge in [-0.3, -0.25) is 4.79 Å². The van der Waals surface area contributed by atoms with Crippen molar-refractivity contribution in [1.82, 2.24) is 5.32 Å². The third kappa shape index (κ3) is 5.85. The van der Waals surface area contributed by atoms with Crippen molar-refractivity contribution < 1.29 is 19.4 Å². The molecule has 1 atom stereocenters. The molecule has 0 saturated heterocycles. The van der Waals surface area contributed by atoms with Gasteiger partial charge in [-0.1, -0.05) is 31.0 Å². The van der Waals surface area contributed by atoms with E-state index >= 15 is 0 Å². The van der Waals surface area contributed by atoms with Gasteiger partial charge in [-0.15, -0.1) is 0 Å². The lowest BCUT2D eigenvalue weighted by molar-refractivity contribution is -0.142. The number of rotatable bonds is 8. The molecular formula is C16H23NO4. The number of amides is 1. The molecule has 1 rings (SSSR count). The lowest BCUT2D eigenvalue weighted by atomic mass is 10.1. The Balaban J connectivity index is 2.41. The van der Waals surface area contributed by atoms with Crippen LogP contribution in [0.2, 0.25) is 0 Å². The Kier molecular flexibility index (Phi) is 6.72. The van der Waals surface area contributed by atoms with Crippen molar-refractivity contribution >= 4 is 11.9 Å². The quantitative estimate of drug-likeness (QED) is 0.772. The highest BCUT2D eigenvalue weighted by atomic mass is 16.5. The predicted molar refractivity (Wildman–Crippen MR) is 80.5 cm³/mol. The van der Waals surface area contributed by atoms with Gasteiger partial charge in [0.25, 0.3) is 0 Å². The summed E-state index contributed by atoms with van der Waals surface area (Å²) in [5.41, 5.74) is 2.17. The molecule has 2 N–H and O–H groups in total. The van der Waals surface area contributed by atoms with Crippen LogP contribution >= 0.6 is 0 Å². The van der Waals surface area contributed by atoms with Crippen molar-refractivity contribution in [2.45, 2.75) is 46.1 Å². The molecule has 0 aliphatic rings. The van der Waals surface area contributed by atoms with E-state index in [-0.39, 0.29) is 18.9 Å². The van der Waals surface area contributed by atoms with Crippen LogP contribution in [0.1, 0.15) is 37.3 Å².